The minimum atomic E-state index is 0.265. The molecule has 2 nitrogen and oxygen atoms in total. The largest absolute Gasteiger partial charge is 0.395 e. The highest BCUT2D eigenvalue weighted by Gasteiger charge is 2.24. The molecule has 0 spiro atoms. The Morgan fingerprint density at radius 1 is 1.29 bits per heavy atom. The second kappa shape index (κ2) is 5.72. The van der Waals surface area contributed by atoms with E-state index in [-0.39, 0.29) is 12.6 Å². The molecule has 14 heavy (non-hydrogen) atoms. The van der Waals surface area contributed by atoms with E-state index in [0.717, 1.165) is 5.92 Å². The summed E-state index contributed by atoms with van der Waals surface area (Å²) in [5.74, 6) is 1.30. The molecule has 2 N–H and O–H groups in total. The Kier molecular flexibility index (Phi) is 4.90. The van der Waals surface area contributed by atoms with Crippen LogP contribution in [0.1, 0.15) is 46.5 Å². The van der Waals surface area contributed by atoms with Gasteiger partial charge in [-0.3, -0.25) is 0 Å². The van der Waals surface area contributed by atoms with E-state index >= 15 is 0 Å². The smallest absolute Gasteiger partial charge is 0.0587 e. The molecule has 0 amide bonds. The van der Waals surface area contributed by atoms with E-state index in [1.54, 1.807) is 0 Å². The summed E-state index contributed by atoms with van der Waals surface area (Å²) in [5.41, 5.74) is 0. The second-order valence-corrected chi connectivity index (χ2v) is 5.07. The van der Waals surface area contributed by atoms with Crippen molar-refractivity contribution in [2.45, 2.75) is 58.5 Å². The first-order valence-electron chi connectivity index (χ1n) is 6.02. The molecule has 84 valence electrons. The summed E-state index contributed by atoms with van der Waals surface area (Å²) < 4.78 is 0. The molecule has 0 bridgehead atoms. The summed E-state index contributed by atoms with van der Waals surface area (Å²) in [6.45, 7) is 6.93. The first-order valence-corrected chi connectivity index (χ1v) is 6.02. The molecule has 2 heteroatoms. The normalized spacial score (nSPS) is 30.6. The number of hydrogen-bond acceptors (Lipinski definition) is 2. The standard InChI is InChI=1S/C12H25NO/c1-9(2)12(8-14)13-11-7-5-4-6-10(11)3/h9-14H,4-8H2,1-3H3/t10?,11?,12-/m1/s1. The Balaban J connectivity index is 2.39. The fourth-order valence-electron chi connectivity index (χ4n) is 2.29. The summed E-state index contributed by atoms with van der Waals surface area (Å²) in [4.78, 5) is 0. The van der Waals surface area contributed by atoms with Gasteiger partial charge < -0.3 is 10.4 Å². The van der Waals surface area contributed by atoms with E-state index in [9.17, 15) is 5.11 Å². The van der Waals surface area contributed by atoms with Crippen molar-refractivity contribution in [3.8, 4) is 0 Å². The maximum atomic E-state index is 9.25. The van der Waals surface area contributed by atoms with Gasteiger partial charge in [-0.2, -0.15) is 0 Å². The minimum absolute atomic E-state index is 0.265. The third-order valence-electron chi connectivity index (χ3n) is 3.54. The molecule has 3 atom stereocenters. The lowest BCUT2D eigenvalue weighted by Crippen LogP contribution is -2.47. The van der Waals surface area contributed by atoms with E-state index in [1.165, 1.54) is 25.7 Å². The molecule has 0 aromatic carbocycles. The third-order valence-corrected chi connectivity index (χ3v) is 3.54. The van der Waals surface area contributed by atoms with Gasteiger partial charge in [0.1, 0.15) is 0 Å². The van der Waals surface area contributed by atoms with Crippen LogP contribution in [0.2, 0.25) is 0 Å². The van der Waals surface area contributed by atoms with Crippen LogP contribution in [-0.2, 0) is 0 Å². The molecule has 2 unspecified atom stereocenters. The average molecular weight is 199 g/mol. The van der Waals surface area contributed by atoms with Crippen LogP contribution in [0.3, 0.4) is 0 Å². The van der Waals surface area contributed by atoms with Crippen LogP contribution in [0.5, 0.6) is 0 Å². The molecule has 0 radical (unpaired) electrons. The Morgan fingerprint density at radius 2 is 1.93 bits per heavy atom. The summed E-state index contributed by atoms with van der Waals surface area (Å²) in [6, 6.07) is 0.906. The van der Waals surface area contributed by atoms with Crippen LogP contribution in [0.4, 0.5) is 0 Å². The molecule has 0 aromatic heterocycles. The van der Waals surface area contributed by atoms with Crippen molar-refractivity contribution >= 4 is 0 Å². The van der Waals surface area contributed by atoms with Crippen LogP contribution < -0.4 is 5.32 Å². The van der Waals surface area contributed by atoms with E-state index in [2.05, 4.69) is 26.1 Å². The Morgan fingerprint density at radius 3 is 2.43 bits per heavy atom. The van der Waals surface area contributed by atoms with Gasteiger partial charge in [-0.1, -0.05) is 33.6 Å². The summed E-state index contributed by atoms with van der Waals surface area (Å²) in [6.07, 6.45) is 5.35. The van der Waals surface area contributed by atoms with E-state index in [4.69, 9.17) is 0 Å². The summed E-state index contributed by atoms with van der Waals surface area (Å²) >= 11 is 0. The highest BCUT2D eigenvalue weighted by Crippen LogP contribution is 2.24. The van der Waals surface area contributed by atoms with E-state index in [0.29, 0.717) is 12.0 Å². The zero-order chi connectivity index (χ0) is 10.6. The zero-order valence-corrected chi connectivity index (χ0v) is 9.79. The third kappa shape index (κ3) is 3.25. The molecule has 1 aliphatic rings. The second-order valence-electron chi connectivity index (χ2n) is 5.07. The lowest BCUT2D eigenvalue weighted by molar-refractivity contribution is 0.169. The first kappa shape index (κ1) is 12.0. The van der Waals surface area contributed by atoms with Crippen LogP contribution >= 0.6 is 0 Å². The van der Waals surface area contributed by atoms with Gasteiger partial charge >= 0.3 is 0 Å². The van der Waals surface area contributed by atoms with Crippen molar-refractivity contribution < 1.29 is 5.11 Å². The van der Waals surface area contributed by atoms with Gasteiger partial charge in [0.2, 0.25) is 0 Å². The van der Waals surface area contributed by atoms with Crippen LogP contribution in [0, 0.1) is 11.8 Å². The van der Waals surface area contributed by atoms with Gasteiger partial charge in [-0.15, -0.1) is 0 Å². The number of hydrogen-bond donors (Lipinski definition) is 2. The van der Waals surface area contributed by atoms with Gasteiger partial charge in [-0.25, -0.2) is 0 Å². The number of rotatable bonds is 4. The molecule has 0 heterocycles. The maximum Gasteiger partial charge on any atom is 0.0587 e. The van der Waals surface area contributed by atoms with Gasteiger partial charge in [0.15, 0.2) is 0 Å². The molecule has 0 aromatic rings. The topological polar surface area (TPSA) is 32.3 Å². The molecule has 1 saturated carbocycles. The molecule has 0 aliphatic heterocycles. The minimum Gasteiger partial charge on any atom is -0.395 e. The van der Waals surface area contributed by atoms with Crippen LogP contribution in [0.25, 0.3) is 0 Å². The molecular formula is C12H25NO. The van der Waals surface area contributed by atoms with E-state index in [1.807, 2.05) is 0 Å². The predicted molar refractivity (Wildman–Crippen MR) is 60.3 cm³/mol. The van der Waals surface area contributed by atoms with Gasteiger partial charge in [-0.05, 0) is 24.7 Å². The van der Waals surface area contributed by atoms with Crippen LogP contribution in [0.15, 0.2) is 0 Å². The number of aliphatic hydroxyl groups is 1. The SMILES string of the molecule is CC1CCCCC1N[C@H](CO)C(C)C. The Hall–Kier alpha value is -0.0800. The lowest BCUT2D eigenvalue weighted by Gasteiger charge is -2.34. The Bertz CT molecular complexity index is 158. The quantitative estimate of drug-likeness (QED) is 0.727. The molecule has 1 fully saturated rings. The maximum absolute atomic E-state index is 9.25. The van der Waals surface area contributed by atoms with E-state index < -0.39 is 0 Å². The Labute approximate surface area is 88.1 Å². The fraction of sp³-hybridized carbons (Fsp3) is 1.00. The molecular weight excluding hydrogens is 174 g/mol. The first-order chi connectivity index (χ1) is 6.65. The van der Waals surface area contributed by atoms with Gasteiger partial charge in [0.05, 0.1) is 6.61 Å². The van der Waals surface area contributed by atoms with Crippen LogP contribution in [-0.4, -0.2) is 23.8 Å². The van der Waals surface area contributed by atoms with Crippen molar-refractivity contribution in [3.05, 3.63) is 0 Å². The number of aliphatic hydroxyl groups excluding tert-OH is 1. The van der Waals surface area contributed by atoms with Gasteiger partial charge in [0, 0.05) is 12.1 Å². The highest BCUT2D eigenvalue weighted by atomic mass is 16.3. The average Bonchev–Trinajstić information content (AvgIpc) is 2.16. The predicted octanol–water partition coefficient (Wildman–Crippen LogP) is 2.17. The van der Waals surface area contributed by atoms with Crippen molar-refractivity contribution in [1.29, 1.82) is 0 Å². The van der Waals surface area contributed by atoms with Crippen molar-refractivity contribution in [2.24, 2.45) is 11.8 Å². The van der Waals surface area contributed by atoms with Crippen molar-refractivity contribution in [1.82, 2.24) is 5.32 Å². The summed E-state index contributed by atoms with van der Waals surface area (Å²) in [5, 5.41) is 12.9. The number of nitrogens with one attached hydrogen (secondary N) is 1. The molecule has 1 aliphatic carbocycles. The molecule has 1 rings (SSSR count). The highest BCUT2D eigenvalue weighted by molar-refractivity contribution is 4.82. The fourth-order valence-corrected chi connectivity index (χ4v) is 2.29. The molecule has 0 saturated heterocycles. The lowest BCUT2D eigenvalue weighted by atomic mass is 9.85. The van der Waals surface area contributed by atoms with Gasteiger partial charge in [0.25, 0.3) is 0 Å². The van der Waals surface area contributed by atoms with Crippen molar-refractivity contribution in [2.75, 3.05) is 6.61 Å². The summed E-state index contributed by atoms with van der Waals surface area (Å²) in [7, 11) is 0. The zero-order valence-electron chi connectivity index (χ0n) is 9.79. The van der Waals surface area contributed by atoms with Crippen molar-refractivity contribution in [3.63, 3.8) is 0 Å². The monoisotopic (exact) mass is 199 g/mol.